The lowest BCUT2D eigenvalue weighted by Crippen LogP contribution is -2.20. The van der Waals surface area contributed by atoms with Gasteiger partial charge in [0.15, 0.2) is 0 Å². The van der Waals surface area contributed by atoms with Gasteiger partial charge in [0.25, 0.3) is 0 Å². The molecule has 60 heavy (non-hydrogen) atoms. The van der Waals surface area contributed by atoms with E-state index in [9.17, 15) is 0 Å². The van der Waals surface area contributed by atoms with E-state index >= 15 is 0 Å². The van der Waals surface area contributed by atoms with E-state index in [0.29, 0.717) is 0 Å². The van der Waals surface area contributed by atoms with Gasteiger partial charge in [-0.1, -0.05) is 70.8 Å². The molecular formula is C56H56N4. The van der Waals surface area contributed by atoms with Gasteiger partial charge in [-0.3, -0.25) is 0 Å². The van der Waals surface area contributed by atoms with E-state index in [4.69, 9.17) is 0 Å². The summed E-state index contributed by atoms with van der Waals surface area (Å²) in [5.74, 6) is 0. The molecule has 5 heterocycles. The zero-order chi connectivity index (χ0) is 42.3. The summed E-state index contributed by atoms with van der Waals surface area (Å²) in [7, 11) is 0. The van der Waals surface area contributed by atoms with Crippen molar-refractivity contribution in [1.82, 2.24) is 19.9 Å². The summed E-state index contributed by atoms with van der Waals surface area (Å²) >= 11 is 0. The monoisotopic (exact) mass is 784 g/mol. The largest absolute Gasteiger partial charge is 0.354 e. The quantitative estimate of drug-likeness (QED) is 0.137. The zero-order valence-corrected chi connectivity index (χ0v) is 37.2. The van der Waals surface area contributed by atoms with Crippen molar-refractivity contribution in [1.29, 1.82) is 0 Å². The summed E-state index contributed by atoms with van der Waals surface area (Å²) in [4.78, 5) is 16.1. The Morgan fingerprint density at radius 3 is 0.600 bits per heavy atom. The van der Waals surface area contributed by atoms with Crippen LogP contribution in [0, 0.1) is 83.1 Å². The molecule has 8 aromatic rings. The molecular weight excluding hydrogens is 729 g/mol. The van der Waals surface area contributed by atoms with Crippen molar-refractivity contribution in [3.05, 3.63) is 230 Å². The summed E-state index contributed by atoms with van der Waals surface area (Å²) in [6.07, 6.45) is 0. The third-order valence-corrected chi connectivity index (χ3v) is 12.6. The van der Waals surface area contributed by atoms with E-state index in [-0.39, 0.29) is 0 Å². The van der Waals surface area contributed by atoms with Crippen LogP contribution in [0.15, 0.2) is 97.1 Å². The first-order valence-corrected chi connectivity index (χ1v) is 21.3. The maximum atomic E-state index is 4.03. The Kier molecular flexibility index (Phi) is 9.51. The van der Waals surface area contributed by atoms with Gasteiger partial charge in [-0.05, 0) is 198 Å². The molecule has 0 radical (unpaired) electrons. The molecule has 0 spiro atoms. The number of aromatic amines is 4. The summed E-state index contributed by atoms with van der Waals surface area (Å²) in [6, 6.07) is 36.7. The second-order valence-corrected chi connectivity index (χ2v) is 17.7. The molecule has 0 unspecified atom stereocenters. The van der Waals surface area contributed by atoms with Crippen molar-refractivity contribution in [2.75, 3.05) is 0 Å². The molecule has 0 fully saturated rings. The Balaban J connectivity index is 1.50. The normalized spacial score (nSPS) is 12.9. The van der Waals surface area contributed by atoms with Gasteiger partial charge in [0.1, 0.15) is 0 Å². The average Bonchev–Trinajstić information content (AvgIpc) is 3.99. The third kappa shape index (κ3) is 6.55. The SMILES string of the molecule is Cc1cc(C)c(C2=c3ccc([nH]3)=C(c3c(C)cc(C)cc3C)c3ccc([nH]3)C(c3c(C)cc(C)cc3C)=c3ccc([nH]3)=C(c3c(C)cc(C)cc3C)c3ccc2[nH]3)c(C)c1. The highest BCUT2D eigenvalue weighted by Gasteiger charge is 2.23. The Bertz CT molecular complexity index is 2800. The lowest BCUT2D eigenvalue weighted by Gasteiger charge is -2.17. The fraction of sp³-hybridized carbons (Fsp3) is 0.214. The maximum absolute atomic E-state index is 4.03. The van der Waals surface area contributed by atoms with Crippen molar-refractivity contribution in [2.24, 2.45) is 0 Å². The first kappa shape index (κ1) is 39.0. The molecule has 1 aliphatic rings. The van der Waals surface area contributed by atoms with Crippen LogP contribution in [0.25, 0.3) is 22.3 Å². The van der Waals surface area contributed by atoms with Crippen molar-refractivity contribution < 1.29 is 0 Å². The van der Waals surface area contributed by atoms with Crippen molar-refractivity contribution in [2.45, 2.75) is 83.1 Å². The van der Waals surface area contributed by atoms with Crippen LogP contribution >= 0.6 is 0 Å². The summed E-state index contributed by atoms with van der Waals surface area (Å²) in [6.45, 7) is 26.7. The molecule has 4 nitrogen and oxygen atoms in total. The average molecular weight is 785 g/mol. The van der Waals surface area contributed by atoms with E-state index in [0.717, 1.165) is 66.5 Å². The highest BCUT2D eigenvalue weighted by molar-refractivity contribution is 5.88. The van der Waals surface area contributed by atoms with Crippen molar-refractivity contribution >= 4 is 22.3 Å². The first-order valence-electron chi connectivity index (χ1n) is 21.3. The molecule has 4 aromatic heterocycles. The molecule has 0 aliphatic carbocycles. The van der Waals surface area contributed by atoms with E-state index in [2.05, 4.69) is 200 Å². The van der Waals surface area contributed by atoms with E-state index in [1.165, 1.54) is 89.0 Å². The zero-order valence-electron chi connectivity index (χ0n) is 37.2. The molecule has 8 bridgehead atoms. The molecule has 4 N–H and O–H groups in total. The number of fused-ring (bicyclic) bond motifs is 8. The van der Waals surface area contributed by atoms with E-state index in [1.807, 2.05) is 0 Å². The van der Waals surface area contributed by atoms with Gasteiger partial charge in [-0.2, -0.15) is 0 Å². The first-order chi connectivity index (χ1) is 28.7. The number of rotatable bonds is 4. The van der Waals surface area contributed by atoms with Crippen LogP contribution in [0.2, 0.25) is 0 Å². The van der Waals surface area contributed by atoms with E-state index in [1.54, 1.807) is 0 Å². The van der Waals surface area contributed by atoms with Gasteiger partial charge in [-0.25, -0.2) is 0 Å². The third-order valence-electron chi connectivity index (χ3n) is 12.6. The number of hydrogen-bond donors (Lipinski definition) is 4. The number of aryl methyl sites for hydroxylation is 12. The minimum absolute atomic E-state index is 1.07. The highest BCUT2D eigenvalue weighted by Crippen LogP contribution is 2.34. The van der Waals surface area contributed by atoms with Crippen LogP contribution in [0.4, 0.5) is 0 Å². The van der Waals surface area contributed by atoms with Crippen LogP contribution in [0.1, 0.15) is 112 Å². The van der Waals surface area contributed by atoms with Crippen LogP contribution in [-0.4, -0.2) is 19.9 Å². The molecule has 0 atom stereocenters. The highest BCUT2D eigenvalue weighted by atomic mass is 14.8. The fourth-order valence-corrected chi connectivity index (χ4v) is 10.7. The molecule has 1 aliphatic heterocycles. The van der Waals surface area contributed by atoms with Crippen LogP contribution in [0.5, 0.6) is 0 Å². The second kappa shape index (κ2) is 14.6. The lowest BCUT2D eigenvalue weighted by atomic mass is 9.91. The Hall–Kier alpha value is -6.52. The summed E-state index contributed by atoms with van der Waals surface area (Å²) in [5, 5.41) is 4.27. The predicted molar refractivity (Wildman–Crippen MR) is 251 cm³/mol. The summed E-state index contributed by atoms with van der Waals surface area (Å²) < 4.78 is 0. The van der Waals surface area contributed by atoms with Gasteiger partial charge < -0.3 is 19.9 Å². The molecule has 0 saturated carbocycles. The minimum atomic E-state index is 1.07. The molecule has 300 valence electrons. The minimum Gasteiger partial charge on any atom is -0.354 e. The second-order valence-electron chi connectivity index (χ2n) is 17.7. The summed E-state index contributed by atoms with van der Waals surface area (Å²) in [5.41, 5.74) is 28.9. The number of nitrogens with one attached hydrogen (secondary N) is 4. The van der Waals surface area contributed by atoms with Crippen LogP contribution in [0.3, 0.4) is 0 Å². The maximum Gasteiger partial charge on any atom is 0.0486 e. The van der Waals surface area contributed by atoms with E-state index < -0.39 is 0 Å². The van der Waals surface area contributed by atoms with Gasteiger partial charge in [0, 0.05) is 66.5 Å². The molecule has 4 aromatic carbocycles. The fourth-order valence-electron chi connectivity index (χ4n) is 10.7. The van der Waals surface area contributed by atoms with Gasteiger partial charge in [0.2, 0.25) is 0 Å². The number of benzene rings is 4. The topological polar surface area (TPSA) is 63.2 Å². The van der Waals surface area contributed by atoms with Crippen LogP contribution in [-0.2, 0) is 0 Å². The number of H-pyrrole nitrogens is 4. The Labute approximate surface area is 354 Å². The number of hydrogen-bond acceptors (Lipinski definition) is 0. The van der Waals surface area contributed by atoms with Crippen LogP contribution < -0.4 is 21.4 Å². The smallest absolute Gasteiger partial charge is 0.0486 e. The van der Waals surface area contributed by atoms with Crippen molar-refractivity contribution in [3.63, 3.8) is 0 Å². The van der Waals surface area contributed by atoms with Crippen molar-refractivity contribution in [3.8, 4) is 0 Å². The lowest BCUT2D eigenvalue weighted by molar-refractivity contribution is 1.16. The molecule has 4 heteroatoms. The Morgan fingerprint density at radius 1 is 0.233 bits per heavy atom. The molecule has 9 rings (SSSR count). The Morgan fingerprint density at radius 2 is 0.417 bits per heavy atom. The number of aromatic nitrogens is 4. The molecule has 0 saturated heterocycles. The standard InChI is InChI=1S/C56H56N4/c1-29-21-33(5)49(34(6)22-29)53-41-13-15-43(57-41)54(50-35(7)23-30(2)24-36(50)8)45-17-19-47(59-45)56(52-39(11)27-32(4)28-40(52)12)48-20-18-46(60-48)55(44-16-14-42(53)58-44)51-37(9)25-31(3)26-38(51)10/h13-28,57-60H,1-12H3. The van der Waals surface area contributed by atoms with Gasteiger partial charge in [0.05, 0.1) is 0 Å². The predicted octanol–water partition coefficient (Wildman–Crippen LogP) is 10.0. The van der Waals surface area contributed by atoms with Gasteiger partial charge >= 0.3 is 0 Å². The van der Waals surface area contributed by atoms with Gasteiger partial charge in [-0.15, -0.1) is 0 Å². The molecule has 0 amide bonds.